The van der Waals surface area contributed by atoms with Crippen molar-refractivity contribution in [2.24, 2.45) is 0 Å². The Morgan fingerprint density at radius 1 is 1.09 bits per heavy atom. The predicted molar refractivity (Wildman–Crippen MR) is 93.5 cm³/mol. The Balaban J connectivity index is 1.71. The molecule has 2 aromatic carbocycles. The number of carbonyl (C=O) groups excluding carboxylic acids is 1. The highest BCUT2D eigenvalue weighted by Crippen LogP contribution is 2.16. The van der Waals surface area contributed by atoms with Crippen LogP contribution in [0, 0.1) is 6.92 Å². The summed E-state index contributed by atoms with van der Waals surface area (Å²) in [6.07, 6.45) is 2.08. The second kappa shape index (κ2) is 8.99. The molecule has 2 aromatic rings. The summed E-state index contributed by atoms with van der Waals surface area (Å²) in [5.74, 6) is 0.930. The molecule has 0 aliphatic carbocycles. The second-order valence-electron chi connectivity index (χ2n) is 5.70. The number of carbonyl (C=O) groups is 1. The molecule has 122 valence electrons. The third-order valence-electron chi connectivity index (χ3n) is 3.78. The first-order valence-corrected chi connectivity index (χ1v) is 8.23. The molecule has 0 spiro atoms. The molecular weight excluding hydrogens is 286 g/mol. The van der Waals surface area contributed by atoms with E-state index < -0.39 is 0 Å². The van der Waals surface area contributed by atoms with E-state index in [4.69, 9.17) is 4.74 Å². The maximum absolute atomic E-state index is 12.1. The van der Waals surface area contributed by atoms with Crippen molar-refractivity contribution >= 4 is 5.91 Å². The van der Waals surface area contributed by atoms with E-state index in [1.165, 1.54) is 5.56 Å². The molecule has 3 nitrogen and oxygen atoms in total. The van der Waals surface area contributed by atoms with E-state index in [1.54, 1.807) is 0 Å². The van der Waals surface area contributed by atoms with Gasteiger partial charge in [0.1, 0.15) is 5.75 Å². The van der Waals surface area contributed by atoms with E-state index in [0.29, 0.717) is 19.4 Å². The average Bonchev–Trinajstić information content (AvgIpc) is 2.59. The van der Waals surface area contributed by atoms with Crippen LogP contribution in [0.3, 0.4) is 0 Å². The average molecular weight is 311 g/mol. The minimum absolute atomic E-state index is 0.0770. The Kier molecular flexibility index (Phi) is 6.67. The number of hydrogen-bond acceptors (Lipinski definition) is 2. The number of rotatable bonds is 8. The Morgan fingerprint density at radius 2 is 1.78 bits per heavy atom. The smallest absolute Gasteiger partial charge is 0.220 e. The van der Waals surface area contributed by atoms with Gasteiger partial charge in [-0.1, -0.05) is 55.0 Å². The monoisotopic (exact) mass is 311 g/mol. The lowest BCUT2D eigenvalue weighted by Crippen LogP contribution is -2.28. The minimum Gasteiger partial charge on any atom is -0.494 e. The summed E-state index contributed by atoms with van der Waals surface area (Å²) in [6.45, 7) is 4.68. The summed E-state index contributed by atoms with van der Waals surface area (Å²) in [5.41, 5.74) is 2.36. The molecular formula is C20H25NO2. The van der Waals surface area contributed by atoms with Gasteiger partial charge < -0.3 is 10.1 Å². The summed E-state index contributed by atoms with van der Waals surface area (Å²) >= 11 is 0. The van der Waals surface area contributed by atoms with Crippen LogP contribution in [0.2, 0.25) is 0 Å². The quantitative estimate of drug-likeness (QED) is 0.733. The molecule has 23 heavy (non-hydrogen) atoms. The molecule has 1 atom stereocenters. The van der Waals surface area contributed by atoms with Gasteiger partial charge in [0.25, 0.3) is 0 Å². The molecule has 0 saturated carbocycles. The van der Waals surface area contributed by atoms with Crippen molar-refractivity contribution in [1.82, 2.24) is 5.32 Å². The van der Waals surface area contributed by atoms with Gasteiger partial charge in [-0.3, -0.25) is 4.79 Å². The number of nitrogens with one attached hydrogen (secondary N) is 1. The van der Waals surface area contributed by atoms with E-state index in [0.717, 1.165) is 17.7 Å². The lowest BCUT2D eigenvalue weighted by atomic mass is 10.0. The zero-order valence-electron chi connectivity index (χ0n) is 13.9. The standard InChI is InChI=1S/C20H25NO2/c1-3-19(17-8-5-4-6-9-17)21-20(22)10-7-15-23-18-13-11-16(2)12-14-18/h4-6,8-9,11-14,19H,3,7,10,15H2,1-2H3,(H,21,22). The fourth-order valence-electron chi connectivity index (χ4n) is 2.43. The van der Waals surface area contributed by atoms with Crippen LogP contribution in [0.4, 0.5) is 0 Å². The Labute approximate surface area is 138 Å². The highest BCUT2D eigenvalue weighted by molar-refractivity contribution is 5.76. The highest BCUT2D eigenvalue weighted by Gasteiger charge is 2.11. The van der Waals surface area contributed by atoms with Crippen LogP contribution >= 0.6 is 0 Å². The maximum Gasteiger partial charge on any atom is 0.220 e. The predicted octanol–water partition coefficient (Wildman–Crippen LogP) is 4.42. The van der Waals surface area contributed by atoms with Gasteiger partial charge in [-0.15, -0.1) is 0 Å². The third kappa shape index (κ3) is 5.78. The van der Waals surface area contributed by atoms with E-state index >= 15 is 0 Å². The molecule has 1 N–H and O–H groups in total. The van der Waals surface area contributed by atoms with E-state index in [9.17, 15) is 4.79 Å². The van der Waals surface area contributed by atoms with Gasteiger partial charge in [0.05, 0.1) is 12.6 Å². The van der Waals surface area contributed by atoms with Crippen molar-refractivity contribution < 1.29 is 9.53 Å². The summed E-state index contributed by atoms with van der Waals surface area (Å²) in [6, 6.07) is 18.1. The molecule has 0 fully saturated rings. The van der Waals surface area contributed by atoms with Crippen LogP contribution in [-0.4, -0.2) is 12.5 Å². The van der Waals surface area contributed by atoms with Gasteiger partial charge in [0.2, 0.25) is 5.91 Å². The zero-order chi connectivity index (χ0) is 16.5. The van der Waals surface area contributed by atoms with Gasteiger partial charge in [-0.25, -0.2) is 0 Å². The molecule has 0 saturated heterocycles. The topological polar surface area (TPSA) is 38.3 Å². The normalized spacial score (nSPS) is 11.7. The van der Waals surface area contributed by atoms with Crippen LogP contribution in [0.25, 0.3) is 0 Å². The number of ether oxygens (including phenoxy) is 1. The van der Waals surface area contributed by atoms with Gasteiger partial charge in [0, 0.05) is 6.42 Å². The molecule has 0 heterocycles. The van der Waals surface area contributed by atoms with E-state index in [2.05, 4.69) is 24.4 Å². The molecule has 1 amide bonds. The van der Waals surface area contributed by atoms with E-state index in [-0.39, 0.29) is 11.9 Å². The van der Waals surface area contributed by atoms with Gasteiger partial charge in [0.15, 0.2) is 0 Å². The van der Waals surface area contributed by atoms with Crippen LogP contribution in [0.1, 0.15) is 43.4 Å². The van der Waals surface area contributed by atoms with Crippen molar-refractivity contribution in [2.75, 3.05) is 6.61 Å². The molecule has 2 rings (SSSR count). The highest BCUT2D eigenvalue weighted by atomic mass is 16.5. The molecule has 0 bridgehead atoms. The molecule has 0 aliphatic rings. The van der Waals surface area contributed by atoms with Crippen LogP contribution in [-0.2, 0) is 4.79 Å². The number of amides is 1. The summed E-state index contributed by atoms with van der Waals surface area (Å²) in [7, 11) is 0. The second-order valence-corrected chi connectivity index (χ2v) is 5.70. The number of hydrogen-bond donors (Lipinski definition) is 1. The summed E-state index contributed by atoms with van der Waals surface area (Å²) in [4.78, 5) is 12.1. The van der Waals surface area contributed by atoms with Crippen molar-refractivity contribution in [1.29, 1.82) is 0 Å². The van der Waals surface area contributed by atoms with Gasteiger partial charge in [-0.05, 0) is 37.5 Å². The maximum atomic E-state index is 12.1. The first-order valence-electron chi connectivity index (χ1n) is 8.23. The van der Waals surface area contributed by atoms with Crippen molar-refractivity contribution in [3.05, 3.63) is 65.7 Å². The number of aryl methyl sites for hydroxylation is 1. The first kappa shape index (κ1) is 17.1. The molecule has 0 radical (unpaired) electrons. The Morgan fingerprint density at radius 3 is 2.43 bits per heavy atom. The Bertz CT molecular complexity index is 593. The van der Waals surface area contributed by atoms with Crippen LogP contribution < -0.4 is 10.1 Å². The van der Waals surface area contributed by atoms with Crippen LogP contribution in [0.15, 0.2) is 54.6 Å². The minimum atomic E-state index is 0.0770. The summed E-state index contributed by atoms with van der Waals surface area (Å²) in [5, 5.41) is 3.09. The molecule has 0 aromatic heterocycles. The van der Waals surface area contributed by atoms with Crippen LogP contribution in [0.5, 0.6) is 5.75 Å². The number of benzene rings is 2. The van der Waals surface area contributed by atoms with Crippen molar-refractivity contribution in [2.45, 2.75) is 39.2 Å². The molecule has 0 aliphatic heterocycles. The van der Waals surface area contributed by atoms with Gasteiger partial charge >= 0.3 is 0 Å². The third-order valence-corrected chi connectivity index (χ3v) is 3.78. The first-order chi connectivity index (χ1) is 11.2. The summed E-state index contributed by atoms with van der Waals surface area (Å²) < 4.78 is 5.65. The molecule has 3 heteroatoms. The molecule has 1 unspecified atom stereocenters. The SMILES string of the molecule is CCC(NC(=O)CCCOc1ccc(C)cc1)c1ccccc1. The fourth-order valence-corrected chi connectivity index (χ4v) is 2.43. The largest absolute Gasteiger partial charge is 0.494 e. The lowest BCUT2D eigenvalue weighted by Gasteiger charge is -2.17. The zero-order valence-corrected chi connectivity index (χ0v) is 13.9. The van der Waals surface area contributed by atoms with Crippen molar-refractivity contribution in [3.8, 4) is 5.75 Å². The van der Waals surface area contributed by atoms with E-state index in [1.807, 2.05) is 49.4 Å². The Hall–Kier alpha value is -2.29. The lowest BCUT2D eigenvalue weighted by molar-refractivity contribution is -0.122. The van der Waals surface area contributed by atoms with Crippen molar-refractivity contribution in [3.63, 3.8) is 0 Å². The van der Waals surface area contributed by atoms with Gasteiger partial charge in [-0.2, -0.15) is 0 Å². The fraction of sp³-hybridized carbons (Fsp3) is 0.350.